The maximum atomic E-state index is 13.6. The zero-order chi connectivity index (χ0) is 25.1. The fourth-order valence-corrected chi connectivity index (χ4v) is 3.99. The summed E-state index contributed by atoms with van der Waals surface area (Å²) in [5.41, 5.74) is -0.0835. The predicted molar refractivity (Wildman–Crippen MR) is 128 cm³/mol. The van der Waals surface area contributed by atoms with Crippen molar-refractivity contribution < 1.29 is 23.9 Å². The van der Waals surface area contributed by atoms with Crippen LogP contribution in [-0.2, 0) is 25.5 Å². The molecule has 3 atom stereocenters. The SMILES string of the molecule is CCC(N[C@@H]1Cc2ccc(Cl)cc2C(=O)N1C(CC)C(=O)OC(C)(C)C)C(=O)OC(C)(C)C. The van der Waals surface area contributed by atoms with Crippen molar-refractivity contribution in [1.29, 1.82) is 0 Å². The minimum atomic E-state index is -0.822. The second kappa shape index (κ2) is 10.4. The van der Waals surface area contributed by atoms with Gasteiger partial charge in [0, 0.05) is 17.0 Å². The molecule has 0 radical (unpaired) electrons. The largest absolute Gasteiger partial charge is 0.459 e. The Morgan fingerprint density at radius 3 is 2.15 bits per heavy atom. The van der Waals surface area contributed by atoms with Crippen molar-refractivity contribution in [2.24, 2.45) is 0 Å². The number of rotatable bonds is 7. The van der Waals surface area contributed by atoms with Gasteiger partial charge in [0.1, 0.15) is 23.3 Å². The number of nitrogens with one attached hydrogen (secondary N) is 1. The molecule has 0 saturated heterocycles. The summed E-state index contributed by atoms with van der Waals surface area (Å²) in [6.45, 7) is 14.5. The number of carbonyl (C=O) groups is 3. The van der Waals surface area contributed by atoms with Crippen LogP contribution in [0.2, 0.25) is 5.02 Å². The van der Waals surface area contributed by atoms with E-state index in [1.54, 1.807) is 32.9 Å². The van der Waals surface area contributed by atoms with Gasteiger partial charge in [-0.05, 0) is 72.1 Å². The van der Waals surface area contributed by atoms with Gasteiger partial charge in [0.25, 0.3) is 5.91 Å². The maximum absolute atomic E-state index is 13.6. The number of hydrogen-bond acceptors (Lipinski definition) is 6. The van der Waals surface area contributed by atoms with Gasteiger partial charge < -0.3 is 14.4 Å². The molecule has 2 unspecified atom stereocenters. The van der Waals surface area contributed by atoms with Crippen molar-refractivity contribution in [2.75, 3.05) is 0 Å². The van der Waals surface area contributed by atoms with Crippen LogP contribution in [0.4, 0.5) is 0 Å². The molecule has 1 N–H and O–H groups in total. The van der Waals surface area contributed by atoms with E-state index in [0.29, 0.717) is 29.8 Å². The van der Waals surface area contributed by atoms with E-state index in [4.69, 9.17) is 21.1 Å². The Labute approximate surface area is 202 Å². The number of benzene rings is 1. The number of ether oxygens (including phenoxy) is 2. The summed E-state index contributed by atoms with van der Waals surface area (Å²) in [6, 6.07) is 3.70. The highest BCUT2D eigenvalue weighted by atomic mass is 35.5. The number of amides is 1. The number of esters is 2. The normalized spacial score (nSPS) is 18.4. The summed E-state index contributed by atoms with van der Waals surface area (Å²) in [6.07, 6.45) is 0.639. The minimum Gasteiger partial charge on any atom is -0.459 e. The van der Waals surface area contributed by atoms with Crippen LogP contribution >= 0.6 is 11.6 Å². The third-order valence-electron chi connectivity index (χ3n) is 5.18. The van der Waals surface area contributed by atoms with Crippen molar-refractivity contribution in [3.05, 3.63) is 34.3 Å². The van der Waals surface area contributed by atoms with Crippen molar-refractivity contribution >= 4 is 29.4 Å². The monoisotopic (exact) mass is 480 g/mol. The van der Waals surface area contributed by atoms with Gasteiger partial charge in [-0.3, -0.25) is 14.9 Å². The second-order valence-electron chi connectivity index (χ2n) is 10.4. The Bertz CT molecular complexity index is 888. The van der Waals surface area contributed by atoms with Crippen LogP contribution in [0.3, 0.4) is 0 Å². The first-order valence-corrected chi connectivity index (χ1v) is 11.9. The highest BCUT2D eigenvalue weighted by Crippen LogP contribution is 2.29. The molecule has 0 fully saturated rings. The molecule has 1 aliphatic rings. The first kappa shape index (κ1) is 27.1. The molecule has 0 spiro atoms. The van der Waals surface area contributed by atoms with E-state index >= 15 is 0 Å². The molecule has 0 bridgehead atoms. The molecule has 1 aromatic rings. The van der Waals surface area contributed by atoms with E-state index < -0.39 is 41.4 Å². The molecule has 0 aliphatic carbocycles. The Hall–Kier alpha value is -2.12. The van der Waals surface area contributed by atoms with E-state index in [0.717, 1.165) is 5.56 Å². The van der Waals surface area contributed by atoms with Crippen molar-refractivity contribution in [3.8, 4) is 0 Å². The fraction of sp³-hybridized carbons (Fsp3) is 0.640. The molecule has 33 heavy (non-hydrogen) atoms. The van der Waals surface area contributed by atoms with Crippen LogP contribution in [0.1, 0.15) is 84.2 Å². The lowest BCUT2D eigenvalue weighted by Crippen LogP contribution is -2.62. The van der Waals surface area contributed by atoms with E-state index in [2.05, 4.69) is 5.32 Å². The molecule has 0 aromatic heterocycles. The molecule has 2 rings (SSSR count). The minimum absolute atomic E-state index is 0.326. The molecular formula is C25H37ClN2O5. The maximum Gasteiger partial charge on any atom is 0.329 e. The Morgan fingerprint density at radius 2 is 1.64 bits per heavy atom. The zero-order valence-electron chi connectivity index (χ0n) is 21.0. The standard InChI is InChI=1S/C25H37ClN2O5/c1-9-18(22(30)32-24(3,4)5)27-20-13-15-11-12-16(26)14-17(15)21(29)28(20)19(10-2)23(31)33-25(6,7)8/h11-12,14,18-20,27H,9-10,13H2,1-8H3/t18?,19?,20-/m0/s1. The lowest BCUT2D eigenvalue weighted by atomic mass is 9.94. The van der Waals surface area contributed by atoms with Crippen molar-refractivity contribution in [2.45, 2.75) is 104 Å². The number of carbonyl (C=O) groups excluding carboxylic acids is 3. The average Bonchev–Trinajstić information content (AvgIpc) is 2.66. The summed E-state index contributed by atoms with van der Waals surface area (Å²) in [5, 5.41) is 3.73. The zero-order valence-corrected chi connectivity index (χ0v) is 21.7. The highest BCUT2D eigenvalue weighted by molar-refractivity contribution is 6.31. The summed E-state index contributed by atoms with van der Waals surface area (Å²) in [7, 11) is 0. The van der Waals surface area contributed by atoms with Crippen LogP contribution in [0, 0.1) is 0 Å². The fourth-order valence-electron chi connectivity index (χ4n) is 3.82. The van der Waals surface area contributed by atoms with Crippen LogP contribution in [0.5, 0.6) is 0 Å². The molecule has 1 amide bonds. The Kier molecular flexibility index (Phi) is 8.57. The van der Waals surface area contributed by atoms with Gasteiger partial charge in [-0.1, -0.05) is 31.5 Å². The number of nitrogens with zero attached hydrogens (tertiary/aromatic N) is 1. The van der Waals surface area contributed by atoms with Crippen LogP contribution in [0.25, 0.3) is 0 Å². The molecule has 0 saturated carbocycles. The highest BCUT2D eigenvalue weighted by Gasteiger charge is 2.42. The van der Waals surface area contributed by atoms with Gasteiger partial charge in [-0.2, -0.15) is 0 Å². The molecule has 184 valence electrons. The van der Waals surface area contributed by atoms with Gasteiger partial charge in [0.15, 0.2) is 0 Å². The van der Waals surface area contributed by atoms with E-state index in [9.17, 15) is 14.4 Å². The third-order valence-corrected chi connectivity index (χ3v) is 5.42. The van der Waals surface area contributed by atoms with Gasteiger partial charge in [0.2, 0.25) is 0 Å². The van der Waals surface area contributed by atoms with Crippen molar-refractivity contribution in [1.82, 2.24) is 10.2 Å². The van der Waals surface area contributed by atoms with Crippen LogP contribution in [0.15, 0.2) is 18.2 Å². The Balaban J connectivity index is 2.45. The predicted octanol–water partition coefficient (Wildman–Crippen LogP) is 4.49. The molecule has 8 heteroatoms. The first-order chi connectivity index (χ1) is 15.2. The summed E-state index contributed by atoms with van der Waals surface area (Å²) in [5.74, 6) is -1.21. The number of hydrogen-bond donors (Lipinski definition) is 1. The van der Waals surface area contributed by atoms with Gasteiger partial charge in [-0.15, -0.1) is 0 Å². The van der Waals surface area contributed by atoms with Crippen LogP contribution in [-0.4, -0.2) is 52.2 Å². The second-order valence-corrected chi connectivity index (χ2v) is 10.8. The first-order valence-electron chi connectivity index (χ1n) is 11.5. The van der Waals surface area contributed by atoms with Gasteiger partial charge in [0.05, 0.1) is 6.17 Å². The third kappa shape index (κ3) is 7.18. The Morgan fingerprint density at radius 1 is 1.06 bits per heavy atom. The lowest BCUT2D eigenvalue weighted by Gasteiger charge is -2.42. The summed E-state index contributed by atoms with van der Waals surface area (Å²) < 4.78 is 11.2. The number of halogens is 1. The number of fused-ring (bicyclic) bond motifs is 1. The summed E-state index contributed by atoms with van der Waals surface area (Å²) in [4.78, 5) is 41.0. The van der Waals surface area contributed by atoms with Gasteiger partial charge in [-0.25, -0.2) is 4.79 Å². The van der Waals surface area contributed by atoms with Crippen LogP contribution < -0.4 is 5.32 Å². The average molecular weight is 481 g/mol. The molecule has 1 heterocycles. The van der Waals surface area contributed by atoms with E-state index in [1.165, 1.54) is 4.90 Å². The lowest BCUT2D eigenvalue weighted by molar-refractivity contribution is -0.162. The van der Waals surface area contributed by atoms with E-state index in [-0.39, 0.29) is 5.91 Å². The van der Waals surface area contributed by atoms with Crippen molar-refractivity contribution in [3.63, 3.8) is 0 Å². The summed E-state index contributed by atoms with van der Waals surface area (Å²) >= 11 is 6.16. The molecule has 1 aliphatic heterocycles. The quantitative estimate of drug-likeness (QED) is 0.578. The molecular weight excluding hydrogens is 444 g/mol. The van der Waals surface area contributed by atoms with Gasteiger partial charge >= 0.3 is 11.9 Å². The smallest absolute Gasteiger partial charge is 0.329 e. The van der Waals surface area contributed by atoms with E-state index in [1.807, 2.05) is 40.7 Å². The molecule has 7 nitrogen and oxygen atoms in total. The topological polar surface area (TPSA) is 84.9 Å². The molecule has 1 aromatic carbocycles.